The second-order valence-electron chi connectivity index (χ2n) is 5.64. The van der Waals surface area contributed by atoms with Crippen LogP contribution in [0.4, 0.5) is 14.9 Å². The molecule has 0 spiro atoms. The van der Waals surface area contributed by atoms with E-state index in [1.807, 2.05) is 0 Å². The fourth-order valence-corrected chi connectivity index (χ4v) is 2.48. The lowest BCUT2D eigenvalue weighted by atomic mass is 10.0. The predicted molar refractivity (Wildman–Crippen MR) is 94.6 cm³/mol. The van der Waals surface area contributed by atoms with Gasteiger partial charge >= 0.3 is 6.03 Å². The van der Waals surface area contributed by atoms with Crippen molar-refractivity contribution in [3.8, 4) is 0 Å². The van der Waals surface area contributed by atoms with Crippen LogP contribution in [0.2, 0.25) is 0 Å². The SMILES string of the molecule is CN(CC(=O)NC(=O)Nc1ccccc1)C(C(N)=O)c1cccc(F)c1. The molecule has 0 saturated carbocycles. The molecule has 4 amide bonds. The van der Waals surface area contributed by atoms with Gasteiger partial charge in [0.25, 0.3) is 0 Å². The number of imide groups is 1. The summed E-state index contributed by atoms with van der Waals surface area (Å²) in [5.41, 5.74) is 6.23. The molecule has 0 aliphatic rings. The maximum atomic E-state index is 13.4. The van der Waals surface area contributed by atoms with Crippen molar-refractivity contribution in [3.63, 3.8) is 0 Å². The Balaban J connectivity index is 1.97. The average molecular weight is 358 g/mol. The first-order valence-electron chi connectivity index (χ1n) is 7.77. The number of benzene rings is 2. The number of amides is 4. The predicted octanol–water partition coefficient (Wildman–Crippen LogP) is 1.63. The lowest BCUT2D eigenvalue weighted by Gasteiger charge is -2.25. The largest absolute Gasteiger partial charge is 0.368 e. The smallest absolute Gasteiger partial charge is 0.325 e. The van der Waals surface area contributed by atoms with Crippen LogP contribution in [0.15, 0.2) is 54.6 Å². The maximum absolute atomic E-state index is 13.4. The van der Waals surface area contributed by atoms with E-state index >= 15 is 0 Å². The highest BCUT2D eigenvalue weighted by Gasteiger charge is 2.25. The number of nitrogens with zero attached hydrogens (tertiary/aromatic N) is 1. The quantitative estimate of drug-likeness (QED) is 0.730. The number of primary amides is 1. The molecule has 0 bridgehead atoms. The molecular formula is C18H19FN4O3. The average Bonchev–Trinajstić information content (AvgIpc) is 2.55. The number of hydrogen-bond donors (Lipinski definition) is 3. The first-order valence-corrected chi connectivity index (χ1v) is 7.77. The van der Waals surface area contributed by atoms with Crippen LogP contribution < -0.4 is 16.4 Å². The molecule has 2 aromatic rings. The molecule has 7 nitrogen and oxygen atoms in total. The van der Waals surface area contributed by atoms with Crippen LogP contribution in [-0.4, -0.2) is 36.3 Å². The van der Waals surface area contributed by atoms with Gasteiger partial charge in [-0.25, -0.2) is 9.18 Å². The molecule has 2 aromatic carbocycles. The van der Waals surface area contributed by atoms with Gasteiger partial charge in [-0.3, -0.25) is 19.8 Å². The molecule has 0 aliphatic carbocycles. The summed E-state index contributed by atoms with van der Waals surface area (Å²) in [7, 11) is 1.48. The maximum Gasteiger partial charge on any atom is 0.325 e. The molecule has 0 radical (unpaired) electrons. The zero-order valence-electron chi connectivity index (χ0n) is 14.1. The van der Waals surface area contributed by atoms with Crippen molar-refractivity contribution in [2.75, 3.05) is 18.9 Å². The highest BCUT2D eigenvalue weighted by Crippen LogP contribution is 2.19. The molecule has 0 aromatic heterocycles. The van der Waals surface area contributed by atoms with Crippen molar-refractivity contribution in [2.24, 2.45) is 5.73 Å². The first-order chi connectivity index (χ1) is 12.4. The van der Waals surface area contributed by atoms with E-state index in [1.54, 1.807) is 30.3 Å². The second kappa shape index (κ2) is 8.72. The monoisotopic (exact) mass is 358 g/mol. The fourth-order valence-electron chi connectivity index (χ4n) is 2.48. The Morgan fingerprint density at radius 3 is 2.42 bits per heavy atom. The number of urea groups is 1. The van der Waals surface area contributed by atoms with E-state index in [-0.39, 0.29) is 6.54 Å². The summed E-state index contributed by atoms with van der Waals surface area (Å²) in [6.07, 6.45) is 0. The Kier molecular flexibility index (Phi) is 6.40. The number of halogens is 1. The molecule has 136 valence electrons. The van der Waals surface area contributed by atoms with Crippen molar-refractivity contribution in [1.82, 2.24) is 10.2 Å². The minimum atomic E-state index is -1.01. The molecule has 1 unspecified atom stereocenters. The van der Waals surface area contributed by atoms with Gasteiger partial charge in [-0.05, 0) is 36.9 Å². The normalized spacial score (nSPS) is 11.7. The zero-order valence-corrected chi connectivity index (χ0v) is 14.1. The van der Waals surface area contributed by atoms with E-state index in [4.69, 9.17) is 5.73 Å². The summed E-state index contributed by atoms with van der Waals surface area (Å²) >= 11 is 0. The van der Waals surface area contributed by atoms with Gasteiger partial charge in [0, 0.05) is 5.69 Å². The molecule has 0 saturated heterocycles. The molecule has 4 N–H and O–H groups in total. The number of rotatable bonds is 6. The van der Waals surface area contributed by atoms with Crippen LogP contribution in [0.25, 0.3) is 0 Å². The van der Waals surface area contributed by atoms with Crippen LogP contribution in [-0.2, 0) is 9.59 Å². The van der Waals surface area contributed by atoms with Crippen LogP contribution >= 0.6 is 0 Å². The number of carbonyl (C=O) groups excluding carboxylic acids is 3. The number of hydrogen-bond acceptors (Lipinski definition) is 4. The van der Waals surface area contributed by atoms with Crippen molar-refractivity contribution in [1.29, 1.82) is 0 Å². The highest BCUT2D eigenvalue weighted by molar-refractivity contribution is 6.01. The summed E-state index contributed by atoms with van der Waals surface area (Å²) < 4.78 is 13.4. The number of anilines is 1. The van der Waals surface area contributed by atoms with Crippen molar-refractivity contribution in [3.05, 3.63) is 66.0 Å². The Hall–Kier alpha value is -3.26. The molecule has 0 heterocycles. The van der Waals surface area contributed by atoms with E-state index < -0.39 is 29.7 Å². The van der Waals surface area contributed by atoms with Crippen LogP contribution in [0.3, 0.4) is 0 Å². The third kappa shape index (κ3) is 5.38. The van der Waals surface area contributed by atoms with Gasteiger partial charge in [0.05, 0.1) is 6.54 Å². The first kappa shape index (κ1) is 19.1. The van der Waals surface area contributed by atoms with Crippen LogP contribution in [0, 0.1) is 5.82 Å². The van der Waals surface area contributed by atoms with Gasteiger partial charge in [-0.1, -0.05) is 30.3 Å². The van der Waals surface area contributed by atoms with Gasteiger partial charge < -0.3 is 11.1 Å². The number of nitrogens with one attached hydrogen (secondary N) is 2. The van der Waals surface area contributed by atoms with Gasteiger partial charge in [0.1, 0.15) is 11.9 Å². The molecule has 8 heteroatoms. The third-order valence-electron chi connectivity index (χ3n) is 3.55. The summed E-state index contributed by atoms with van der Waals surface area (Å²) in [5, 5.41) is 4.67. The van der Waals surface area contributed by atoms with E-state index in [0.717, 1.165) is 0 Å². The van der Waals surface area contributed by atoms with Gasteiger partial charge in [-0.2, -0.15) is 0 Å². The molecule has 0 aliphatic heterocycles. The molecule has 2 rings (SSSR count). The second-order valence-corrected chi connectivity index (χ2v) is 5.64. The summed E-state index contributed by atoms with van der Waals surface area (Å²) in [6.45, 7) is -0.285. The van der Waals surface area contributed by atoms with E-state index in [0.29, 0.717) is 11.3 Å². The van der Waals surface area contributed by atoms with E-state index in [1.165, 1.54) is 36.2 Å². The molecule has 26 heavy (non-hydrogen) atoms. The summed E-state index contributed by atoms with van der Waals surface area (Å²) in [6, 6.07) is 12.3. The minimum absolute atomic E-state index is 0.285. The van der Waals surface area contributed by atoms with Gasteiger partial charge in [0.2, 0.25) is 11.8 Å². The topological polar surface area (TPSA) is 105 Å². The fraction of sp³-hybridized carbons (Fsp3) is 0.167. The molecule has 1 atom stereocenters. The van der Waals surface area contributed by atoms with Crippen LogP contribution in [0.1, 0.15) is 11.6 Å². The molecule has 0 fully saturated rings. The highest BCUT2D eigenvalue weighted by atomic mass is 19.1. The van der Waals surface area contributed by atoms with E-state index in [2.05, 4.69) is 10.6 Å². The minimum Gasteiger partial charge on any atom is -0.368 e. The molecular weight excluding hydrogens is 339 g/mol. The summed E-state index contributed by atoms with van der Waals surface area (Å²) in [5.74, 6) is -1.89. The van der Waals surface area contributed by atoms with E-state index in [9.17, 15) is 18.8 Å². The Labute approximate surface area is 150 Å². The third-order valence-corrected chi connectivity index (χ3v) is 3.55. The van der Waals surface area contributed by atoms with Crippen molar-refractivity contribution in [2.45, 2.75) is 6.04 Å². The zero-order chi connectivity index (χ0) is 19.1. The summed E-state index contributed by atoms with van der Waals surface area (Å²) in [4.78, 5) is 36.9. The Morgan fingerprint density at radius 2 is 1.81 bits per heavy atom. The Bertz CT molecular complexity index is 798. The lowest BCUT2D eigenvalue weighted by molar-refractivity contribution is -0.125. The standard InChI is InChI=1S/C18H19FN4O3/c1-23(16(17(20)25)12-6-5-7-13(19)10-12)11-15(24)22-18(26)21-14-8-3-2-4-9-14/h2-10,16H,11H2,1H3,(H2,20,25)(H2,21,22,24,26). The number of carbonyl (C=O) groups is 3. The number of nitrogens with two attached hydrogens (primary N) is 1. The van der Waals surface area contributed by atoms with Crippen molar-refractivity contribution < 1.29 is 18.8 Å². The Morgan fingerprint density at radius 1 is 1.12 bits per heavy atom. The number of para-hydroxylation sites is 1. The number of likely N-dealkylation sites (N-methyl/N-ethyl adjacent to an activating group) is 1. The lowest BCUT2D eigenvalue weighted by Crippen LogP contribution is -2.44. The van der Waals surface area contributed by atoms with Crippen LogP contribution in [0.5, 0.6) is 0 Å². The van der Waals surface area contributed by atoms with Gasteiger partial charge in [0.15, 0.2) is 0 Å². The van der Waals surface area contributed by atoms with Gasteiger partial charge in [-0.15, -0.1) is 0 Å². The van der Waals surface area contributed by atoms with Crippen molar-refractivity contribution >= 4 is 23.5 Å².